The summed E-state index contributed by atoms with van der Waals surface area (Å²) in [6.07, 6.45) is 3.07. The summed E-state index contributed by atoms with van der Waals surface area (Å²) >= 11 is 0. The van der Waals surface area contributed by atoms with Crippen LogP contribution >= 0.6 is 0 Å². The molecule has 2 aromatic rings. The number of benzene rings is 1. The maximum atomic E-state index is 13.5. The first kappa shape index (κ1) is 17.3. The van der Waals surface area contributed by atoms with Crippen molar-refractivity contribution in [3.63, 3.8) is 0 Å². The number of amides is 1. The van der Waals surface area contributed by atoms with Crippen LogP contribution in [0.25, 0.3) is 0 Å². The summed E-state index contributed by atoms with van der Waals surface area (Å²) in [5.41, 5.74) is 6.31. The largest absolute Gasteiger partial charge is 0.287 e. The molecule has 0 fully saturated rings. The van der Waals surface area contributed by atoms with E-state index in [-0.39, 0.29) is 17.8 Å². The third kappa shape index (κ3) is 5.35. The predicted octanol–water partition coefficient (Wildman–Crippen LogP) is 1.85. The average molecular weight is 296 g/mol. The molecule has 0 aliphatic carbocycles. The lowest BCUT2D eigenvalue weighted by molar-refractivity contribution is 0.0926. The van der Waals surface area contributed by atoms with Crippen LogP contribution in [-0.2, 0) is 0 Å². The maximum Gasteiger partial charge on any atom is 0.265 e. The molecule has 22 heavy (non-hydrogen) atoms. The third-order valence-electron chi connectivity index (χ3n) is 2.72. The maximum absolute atomic E-state index is 13.5. The highest BCUT2D eigenvalue weighted by atomic mass is 19.1. The van der Waals surface area contributed by atoms with Gasteiger partial charge in [-0.1, -0.05) is 18.2 Å². The molecule has 0 aliphatic rings. The number of hydrazine groups is 1. The second kappa shape index (κ2) is 9.26. The molecule has 0 saturated heterocycles. The average Bonchev–Trinajstić information content (AvgIpc) is 2.54. The minimum absolute atomic E-state index is 0.286. The van der Waals surface area contributed by atoms with Crippen molar-refractivity contribution in [1.29, 1.82) is 5.26 Å². The number of nitrogens with zero attached hydrogens (tertiary/aromatic N) is 2. The lowest BCUT2D eigenvalue weighted by Gasteiger charge is -2.15. The van der Waals surface area contributed by atoms with Crippen LogP contribution in [0.3, 0.4) is 0 Å². The first-order chi connectivity index (χ1) is 10.6. The number of carbonyl (C=O) groups excluding carboxylic acids is 1. The van der Waals surface area contributed by atoms with Gasteiger partial charge in [0.05, 0.1) is 6.04 Å². The molecule has 1 atom stereocenters. The van der Waals surface area contributed by atoms with E-state index in [0.29, 0.717) is 11.1 Å². The van der Waals surface area contributed by atoms with Crippen LogP contribution < -0.4 is 10.9 Å². The Labute approximate surface area is 129 Å². The van der Waals surface area contributed by atoms with Crippen LogP contribution in [0.4, 0.5) is 4.39 Å². The molecule has 1 heterocycles. The van der Waals surface area contributed by atoms with Crippen LogP contribution in [0.2, 0.25) is 0 Å². The zero-order valence-corrected chi connectivity index (χ0v) is 12.0. The smallest absolute Gasteiger partial charge is 0.265 e. The molecule has 2 radical (unpaired) electrons. The quantitative estimate of drug-likeness (QED) is 0.667. The minimum Gasteiger partial charge on any atom is -0.287 e. The molecule has 7 heteroatoms. The Kier molecular flexibility index (Phi) is 7.30. The van der Waals surface area contributed by atoms with Crippen molar-refractivity contribution in [2.45, 2.75) is 13.0 Å². The summed E-state index contributed by atoms with van der Waals surface area (Å²) in [4.78, 5) is 15.6. The fraction of sp³-hybridized carbons (Fsp3) is 0.133. The van der Waals surface area contributed by atoms with Gasteiger partial charge in [0, 0.05) is 23.5 Å². The van der Waals surface area contributed by atoms with Crippen LogP contribution in [0.5, 0.6) is 0 Å². The van der Waals surface area contributed by atoms with Gasteiger partial charge in [0.1, 0.15) is 5.82 Å². The number of nitriles is 1. The Morgan fingerprint density at radius 1 is 1.32 bits per heavy atom. The summed E-state index contributed by atoms with van der Waals surface area (Å²) in [6, 6.07) is 9.31. The summed E-state index contributed by atoms with van der Waals surface area (Å²) < 4.78 is 13.5. The van der Waals surface area contributed by atoms with Gasteiger partial charge in [-0.15, -0.1) is 0 Å². The molecule has 0 saturated carbocycles. The Morgan fingerprint density at radius 3 is 2.50 bits per heavy atom. The second-order valence-electron chi connectivity index (χ2n) is 4.21. The van der Waals surface area contributed by atoms with Crippen molar-refractivity contribution >= 4 is 13.8 Å². The first-order valence-electron chi connectivity index (χ1n) is 6.40. The number of hydrogen-bond acceptors (Lipinski definition) is 4. The topological polar surface area (TPSA) is 77.8 Å². The monoisotopic (exact) mass is 296 g/mol. The lowest BCUT2D eigenvalue weighted by Crippen LogP contribution is -2.39. The number of rotatable bonds is 4. The normalized spacial score (nSPS) is 10.6. The highest BCUT2D eigenvalue weighted by Gasteiger charge is 2.11. The Balaban J connectivity index is 0.000000745. The van der Waals surface area contributed by atoms with E-state index in [9.17, 15) is 9.18 Å². The van der Waals surface area contributed by atoms with Crippen molar-refractivity contribution in [2.24, 2.45) is 0 Å². The molecule has 2 N–H and O–H groups in total. The van der Waals surface area contributed by atoms with Gasteiger partial charge in [-0.3, -0.25) is 15.2 Å². The molecule has 0 spiro atoms. The molecular formula is C15H14BFN4O. The highest BCUT2D eigenvalue weighted by molar-refractivity contribution is 6.20. The fourth-order valence-electron chi connectivity index (χ4n) is 1.65. The van der Waals surface area contributed by atoms with Gasteiger partial charge in [0.15, 0.2) is 0 Å². The second-order valence-corrected chi connectivity index (χ2v) is 4.21. The summed E-state index contributed by atoms with van der Waals surface area (Å²) in [5, 5.41) is 7.10. The molecule has 2 rings (SSSR count). The molecule has 1 amide bonds. The number of carbonyl (C=O) groups is 1. The van der Waals surface area contributed by atoms with E-state index in [2.05, 4.69) is 23.7 Å². The standard InChI is InChI=1S/C14H14FN3O.CBN/c1-10(12-4-2-3-5-13(12)15)17-18-14(19)11-6-8-16-9-7-11;2-1-3/h2-10,17H,1H3,(H,18,19);. The Hall–Kier alpha value is -2.72. The van der Waals surface area contributed by atoms with Gasteiger partial charge in [0.25, 0.3) is 5.91 Å². The zero-order chi connectivity index (χ0) is 16.4. The molecule has 110 valence electrons. The van der Waals surface area contributed by atoms with Crippen LogP contribution in [-0.4, -0.2) is 18.7 Å². The van der Waals surface area contributed by atoms with Crippen molar-refractivity contribution in [3.8, 4) is 5.97 Å². The van der Waals surface area contributed by atoms with Crippen molar-refractivity contribution < 1.29 is 9.18 Å². The first-order valence-corrected chi connectivity index (χ1v) is 6.40. The predicted molar refractivity (Wildman–Crippen MR) is 81.0 cm³/mol. The van der Waals surface area contributed by atoms with Gasteiger partial charge in [-0.25, -0.2) is 15.1 Å². The van der Waals surface area contributed by atoms with Crippen molar-refractivity contribution in [3.05, 3.63) is 65.7 Å². The van der Waals surface area contributed by atoms with E-state index in [1.54, 1.807) is 37.3 Å². The molecule has 0 bridgehead atoms. The lowest BCUT2D eigenvalue weighted by atomic mass is 10.1. The van der Waals surface area contributed by atoms with E-state index in [4.69, 9.17) is 5.26 Å². The van der Waals surface area contributed by atoms with Crippen molar-refractivity contribution in [2.75, 3.05) is 0 Å². The van der Waals surface area contributed by atoms with Gasteiger partial charge >= 0.3 is 0 Å². The van der Waals surface area contributed by atoms with Crippen molar-refractivity contribution in [1.82, 2.24) is 15.8 Å². The fourth-order valence-corrected chi connectivity index (χ4v) is 1.65. The summed E-state index contributed by atoms with van der Waals surface area (Å²) in [5.74, 6) is 0.659. The zero-order valence-electron chi connectivity index (χ0n) is 12.0. The summed E-state index contributed by atoms with van der Waals surface area (Å²) in [6.45, 7) is 1.77. The molecule has 1 unspecified atom stereocenters. The summed E-state index contributed by atoms with van der Waals surface area (Å²) in [7, 11) is 4.15. The Morgan fingerprint density at radius 2 is 1.91 bits per heavy atom. The molecular weight excluding hydrogens is 282 g/mol. The number of halogens is 1. The van der Waals surface area contributed by atoms with Crippen LogP contribution in [0.1, 0.15) is 28.9 Å². The third-order valence-corrected chi connectivity index (χ3v) is 2.72. The van der Waals surface area contributed by atoms with Crippen LogP contribution in [0.15, 0.2) is 48.8 Å². The molecule has 0 aliphatic heterocycles. The SMILES string of the molecule is CC(NNC(=O)c1ccncc1)c1ccccc1F.[B]C#N. The number of aromatic nitrogens is 1. The van der Waals surface area contributed by atoms with Gasteiger partial charge in [0.2, 0.25) is 7.85 Å². The molecule has 1 aromatic heterocycles. The van der Waals surface area contributed by atoms with Gasteiger partial charge in [-0.05, 0) is 31.1 Å². The minimum atomic E-state index is -0.327. The number of hydrogen-bond donors (Lipinski definition) is 2. The van der Waals surface area contributed by atoms with E-state index in [1.807, 2.05) is 0 Å². The Bertz CT molecular complexity index is 645. The van der Waals surface area contributed by atoms with E-state index in [1.165, 1.54) is 24.4 Å². The van der Waals surface area contributed by atoms with E-state index >= 15 is 0 Å². The van der Waals surface area contributed by atoms with E-state index in [0.717, 1.165) is 0 Å². The van der Waals surface area contributed by atoms with E-state index < -0.39 is 0 Å². The molecule has 1 aromatic carbocycles. The highest BCUT2D eigenvalue weighted by Crippen LogP contribution is 2.15. The van der Waals surface area contributed by atoms with Crippen LogP contribution in [0, 0.1) is 17.0 Å². The van der Waals surface area contributed by atoms with Gasteiger partial charge in [-0.2, -0.15) is 0 Å². The molecule has 5 nitrogen and oxygen atoms in total. The number of nitrogens with one attached hydrogen (secondary N) is 2. The number of pyridine rings is 1. The van der Waals surface area contributed by atoms with Gasteiger partial charge < -0.3 is 0 Å².